The SMILES string of the molecule is CC/C=C\CC(=O)O[C@H](COC(=O)CCCCCCCCCCCCCCC)COP(=O)([O-])OCC[N+](C)(C)C. The number of allylic oxidation sites excluding steroid dienone is 1. The number of rotatable bonds is 27. The Bertz CT molecular complexity index is 723. The van der Waals surface area contributed by atoms with Gasteiger partial charge in [0.2, 0.25) is 0 Å². The molecule has 10 heteroatoms. The van der Waals surface area contributed by atoms with Gasteiger partial charge in [-0.15, -0.1) is 0 Å². The minimum Gasteiger partial charge on any atom is -0.756 e. The lowest BCUT2D eigenvalue weighted by Gasteiger charge is -2.28. The van der Waals surface area contributed by atoms with E-state index in [1.165, 1.54) is 64.2 Å². The number of carbonyl (C=O) groups is 2. The van der Waals surface area contributed by atoms with Crippen molar-refractivity contribution in [3.8, 4) is 0 Å². The fraction of sp³-hybridized carbons (Fsp3) is 0.867. The van der Waals surface area contributed by atoms with Crippen molar-refractivity contribution in [3.63, 3.8) is 0 Å². The Labute approximate surface area is 244 Å². The highest BCUT2D eigenvalue weighted by Gasteiger charge is 2.21. The van der Waals surface area contributed by atoms with Gasteiger partial charge in [0, 0.05) is 6.42 Å². The van der Waals surface area contributed by atoms with Crippen LogP contribution in [0.3, 0.4) is 0 Å². The molecule has 0 aromatic carbocycles. The summed E-state index contributed by atoms with van der Waals surface area (Å²) >= 11 is 0. The van der Waals surface area contributed by atoms with Crippen LogP contribution < -0.4 is 4.89 Å². The van der Waals surface area contributed by atoms with Crippen molar-refractivity contribution in [3.05, 3.63) is 12.2 Å². The summed E-state index contributed by atoms with van der Waals surface area (Å²) in [6.07, 6.45) is 19.4. The predicted molar refractivity (Wildman–Crippen MR) is 158 cm³/mol. The number of quaternary nitrogens is 1. The third kappa shape index (κ3) is 26.9. The molecule has 0 spiro atoms. The third-order valence-corrected chi connectivity index (χ3v) is 7.29. The summed E-state index contributed by atoms with van der Waals surface area (Å²) in [5.41, 5.74) is 0. The summed E-state index contributed by atoms with van der Waals surface area (Å²) in [5.74, 6) is -0.961. The first-order valence-electron chi connectivity index (χ1n) is 15.4. The predicted octanol–water partition coefficient (Wildman–Crippen LogP) is 6.49. The fourth-order valence-electron chi connectivity index (χ4n) is 3.88. The molecule has 40 heavy (non-hydrogen) atoms. The van der Waals surface area contributed by atoms with Crippen LogP contribution in [0.1, 0.15) is 117 Å². The molecule has 0 aliphatic rings. The second kappa shape index (κ2) is 24.4. The van der Waals surface area contributed by atoms with Crippen LogP contribution in [0.5, 0.6) is 0 Å². The number of ether oxygens (including phenoxy) is 2. The van der Waals surface area contributed by atoms with Crippen LogP contribution in [-0.2, 0) is 32.7 Å². The van der Waals surface area contributed by atoms with Crippen LogP contribution in [0, 0.1) is 0 Å². The molecule has 9 nitrogen and oxygen atoms in total. The van der Waals surface area contributed by atoms with Crippen molar-refractivity contribution in [1.82, 2.24) is 0 Å². The summed E-state index contributed by atoms with van der Waals surface area (Å²) in [6.45, 7) is 3.85. The number of phosphoric acid groups is 1. The van der Waals surface area contributed by atoms with E-state index in [-0.39, 0.29) is 26.1 Å². The molecule has 0 fully saturated rings. The lowest BCUT2D eigenvalue weighted by atomic mass is 10.0. The molecule has 0 rings (SSSR count). The van der Waals surface area contributed by atoms with Crippen molar-refractivity contribution < 1.29 is 42.1 Å². The van der Waals surface area contributed by atoms with Crippen LogP contribution >= 0.6 is 7.82 Å². The molecule has 0 radical (unpaired) electrons. The largest absolute Gasteiger partial charge is 0.756 e. The number of esters is 2. The number of carbonyl (C=O) groups excluding carboxylic acids is 2. The fourth-order valence-corrected chi connectivity index (χ4v) is 4.61. The van der Waals surface area contributed by atoms with E-state index in [0.717, 1.165) is 25.7 Å². The molecule has 2 atom stereocenters. The number of hydrogen-bond acceptors (Lipinski definition) is 8. The first kappa shape index (κ1) is 38.8. The van der Waals surface area contributed by atoms with E-state index in [0.29, 0.717) is 11.0 Å². The normalized spacial score (nSPS) is 14.2. The molecule has 0 saturated carbocycles. The molecule has 0 aliphatic heterocycles. The second-order valence-corrected chi connectivity index (χ2v) is 12.9. The van der Waals surface area contributed by atoms with Crippen molar-refractivity contribution in [1.29, 1.82) is 0 Å². The lowest BCUT2D eigenvalue weighted by Crippen LogP contribution is -2.37. The van der Waals surface area contributed by atoms with Crippen LogP contribution in [-0.4, -0.2) is 70.0 Å². The van der Waals surface area contributed by atoms with E-state index in [9.17, 15) is 19.0 Å². The van der Waals surface area contributed by atoms with Gasteiger partial charge in [-0.25, -0.2) is 0 Å². The van der Waals surface area contributed by atoms with Gasteiger partial charge < -0.3 is 27.9 Å². The smallest absolute Gasteiger partial charge is 0.310 e. The lowest BCUT2D eigenvalue weighted by molar-refractivity contribution is -0.870. The minimum absolute atomic E-state index is 0.0340. The van der Waals surface area contributed by atoms with Gasteiger partial charge in [-0.3, -0.25) is 14.2 Å². The van der Waals surface area contributed by atoms with Crippen molar-refractivity contribution >= 4 is 19.8 Å². The van der Waals surface area contributed by atoms with Gasteiger partial charge in [0.05, 0.1) is 34.2 Å². The quantitative estimate of drug-likeness (QED) is 0.0351. The number of unbranched alkanes of at least 4 members (excludes halogenated alkanes) is 12. The maximum absolute atomic E-state index is 12.2. The standard InChI is InChI=1S/C30H58NO8P/c1-6-8-10-11-12-13-14-15-16-17-18-19-21-22-29(32)36-26-28(39-30(33)23-20-9-7-2)27-38-40(34,35)37-25-24-31(3,4)5/h9,20,28H,6-8,10-19,21-27H2,1-5H3/b20-9-/t28-/m1/s1. The Morgan fingerprint density at radius 3 is 1.85 bits per heavy atom. The molecular formula is C30H58NO8P. The zero-order chi connectivity index (χ0) is 30.1. The average molecular weight is 592 g/mol. The molecule has 0 N–H and O–H groups in total. The van der Waals surface area contributed by atoms with E-state index >= 15 is 0 Å². The molecule has 236 valence electrons. The highest BCUT2D eigenvalue weighted by Crippen LogP contribution is 2.38. The van der Waals surface area contributed by atoms with Gasteiger partial charge in [-0.05, 0) is 12.8 Å². The Hall–Kier alpha value is -1.25. The molecule has 0 aliphatic carbocycles. The van der Waals surface area contributed by atoms with Gasteiger partial charge >= 0.3 is 11.9 Å². The molecule has 0 heterocycles. The van der Waals surface area contributed by atoms with Crippen LogP contribution in [0.2, 0.25) is 0 Å². The van der Waals surface area contributed by atoms with E-state index in [1.807, 2.05) is 34.1 Å². The summed E-state index contributed by atoms with van der Waals surface area (Å²) < 4.78 is 33.1. The van der Waals surface area contributed by atoms with Crippen LogP contribution in [0.4, 0.5) is 0 Å². The van der Waals surface area contributed by atoms with E-state index in [1.54, 1.807) is 6.08 Å². The summed E-state index contributed by atoms with van der Waals surface area (Å²) in [5, 5.41) is 0. The first-order chi connectivity index (χ1) is 19.0. The molecule has 0 aromatic heterocycles. The van der Waals surface area contributed by atoms with Gasteiger partial charge in [0.1, 0.15) is 19.8 Å². The molecule has 0 bridgehead atoms. The third-order valence-electron chi connectivity index (χ3n) is 6.33. The number of likely N-dealkylation sites (N-methyl/N-ethyl adjacent to an activating group) is 1. The Kier molecular flexibility index (Phi) is 23.6. The maximum atomic E-state index is 12.2. The molecule has 0 aromatic rings. The zero-order valence-electron chi connectivity index (χ0n) is 26.0. The molecule has 0 amide bonds. The molecule has 0 saturated heterocycles. The topological polar surface area (TPSA) is 111 Å². The Morgan fingerprint density at radius 1 is 0.775 bits per heavy atom. The summed E-state index contributed by atoms with van der Waals surface area (Å²) in [7, 11) is 1.14. The zero-order valence-corrected chi connectivity index (χ0v) is 26.9. The van der Waals surface area contributed by atoms with Gasteiger partial charge in [-0.2, -0.15) is 0 Å². The Morgan fingerprint density at radius 2 is 1.32 bits per heavy atom. The van der Waals surface area contributed by atoms with E-state index in [2.05, 4.69) is 6.92 Å². The van der Waals surface area contributed by atoms with E-state index < -0.39 is 32.5 Å². The highest BCUT2D eigenvalue weighted by molar-refractivity contribution is 7.45. The monoisotopic (exact) mass is 591 g/mol. The second-order valence-electron chi connectivity index (χ2n) is 11.5. The number of phosphoric ester groups is 1. The Balaban J connectivity index is 4.29. The van der Waals surface area contributed by atoms with Gasteiger partial charge in [0.25, 0.3) is 7.82 Å². The average Bonchev–Trinajstić information content (AvgIpc) is 2.87. The summed E-state index contributed by atoms with van der Waals surface area (Å²) in [4.78, 5) is 36.5. The summed E-state index contributed by atoms with van der Waals surface area (Å²) in [6, 6.07) is 0. The highest BCUT2D eigenvalue weighted by atomic mass is 31.2. The number of nitrogens with zero attached hydrogens (tertiary/aromatic N) is 1. The molecular weight excluding hydrogens is 533 g/mol. The van der Waals surface area contributed by atoms with Gasteiger partial charge in [0.15, 0.2) is 6.10 Å². The van der Waals surface area contributed by atoms with Crippen LogP contribution in [0.15, 0.2) is 12.2 Å². The van der Waals surface area contributed by atoms with E-state index in [4.69, 9.17) is 18.5 Å². The van der Waals surface area contributed by atoms with Gasteiger partial charge in [-0.1, -0.05) is 103 Å². The van der Waals surface area contributed by atoms with Crippen molar-refractivity contribution in [2.45, 2.75) is 123 Å². The van der Waals surface area contributed by atoms with Crippen molar-refractivity contribution in [2.24, 2.45) is 0 Å². The molecule has 1 unspecified atom stereocenters. The first-order valence-corrected chi connectivity index (χ1v) is 16.9. The van der Waals surface area contributed by atoms with Crippen LogP contribution in [0.25, 0.3) is 0 Å². The minimum atomic E-state index is -4.60. The van der Waals surface area contributed by atoms with Crippen molar-refractivity contribution in [2.75, 3.05) is 47.5 Å². The maximum Gasteiger partial charge on any atom is 0.310 e. The number of hydrogen-bond donors (Lipinski definition) is 0.